The molecule has 0 aliphatic carbocycles. The largest absolute Gasteiger partial charge is 0.378 e. The Hall–Kier alpha value is -0.610. The number of hydrogen-bond acceptors (Lipinski definition) is 3. The summed E-state index contributed by atoms with van der Waals surface area (Å²) in [4.78, 5) is 10.6. The van der Waals surface area contributed by atoms with E-state index < -0.39 is 0 Å². The molecule has 12 heavy (non-hydrogen) atoms. The summed E-state index contributed by atoms with van der Waals surface area (Å²) in [6, 6.07) is 0.107. The molecule has 0 aliphatic rings. The number of amides is 1. The molecule has 72 valence electrons. The van der Waals surface area contributed by atoms with E-state index in [4.69, 9.17) is 10.5 Å². The minimum absolute atomic E-state index is 0.0353. The number of nitrogens with one attached hydrogen (secondary N) is 1. The molecule has 4 nitrogen and oxygen atoms in total. The number of carbonyl (C=O) groups excluding carboxylic acids is 1. The smallest absolute Gasteiger partial charge is 0.217 e. The van der Waals surface area contributed by atoms with E-state index in [0.29, 0.717) is 13.2 Å². The van der Waals surface area contributed by atoms with Gasteiger partial charge in [-0.1, -0.05) is 0 Å². The maximum Gasteiger partial charge on any atom is 0.217 e. The van der Waals surface area contributed by atoms with Crippen LogP contribution in [0.4, 0.5) is 0 Å². The molecule has 0 aromatic carbocycles. The first-order valence-corrected chi connectivity index (χ1v) is 4.12. The first kappa shape index (κ1) is 11.4. The second-order valence-electron chi connectivity index (χ2n) is 3.12. The predicted octanol–water partition coefficient (Wildman–Crippen LogP) is -0.125. The van der Waals surface area contributed by atoms with E-state index in [1.54, 1.807) is 0 Å². The molecule has 2 unspecified atom stereocenters. The fraction of sp³-hybridized carbons (Fsp3) is 0.875. The quantitative estimate of drug-likeness (QED) is 0.610. The lowest BCUT2D eigenvalue weighted by molar-refractivity contribution is -0.119. The molecule has 0 aromatic heterocycles. The second kappa shape index (κ2) is 5.97. The van der Waals surface area contributed by atoms with Crippen LogP contribution < -0.4 is 11.1 Å². The average Bonchev–Trinajstić information content (AvgIpc) is 1.84. The van der Waals surface area contributed by atoms with E-state index in [9.17, 15) is 4.79 Å². The summed E-state index contributed by atoms with van der Waals surface area (Å²) >= 11 is 0. The van der Waals surface area contributed by atoms with Crippen LogP contribution >= 0.6 is 0 Å². The van der Waals surface area contributed by atoms with Gasteiger partial charge in [0.2, 0.25) is 5.91 Å². The van der Waals surface area contributed by atoms with E-state index in [0.717, 1.165) is 0 Å². The SMILES string of the molecule is CC(=O)NC(C)COCC(C)N. The molecule has 0 aliphatic heterocycles. The van der Waals surface area contributed by atoms with E-state index in [1.165, 1.54) is 6.92 Å². The monoisotopic (exact) mass is 174 g/mol. The highest BCUT2D eigenvalue weighted by Crippen LogP contribution is 1.86. The van der Waals surface area contributed by atoms with E-state index >= 15 is 0 Å². The zero-order valence-electron chi connectivity index (χ0n) is 7.96. The number of carbonyl (C=O) groups is 1. The van der Waals surface area contributed by atoms with Crippen LogP contribution in [0.2, 0.25) is 0 Å². The molecule has 0 saturated carbocycles. The number of rotatable bonds is 5. The molecule has 2 atom stereocenters. The zero-order valence-corrected chi connectivity index (χ0v) is 7.96. The van der Waals surface area contributed by atoms with Crippen LogP contribution in [0.5, 0.6) is 0 Å². The van der Waals surface area contributed by atoms with E-state index in [1.807, 2.05) is 13.8 Å². The van der Waals surface area contributed by atoms with Gasteiger partial charge in [-0.2, -0.15) is 0 Å². The van der Waals surface area contributed by atoms with Crippen LogP contribution in [0.25, 0.3) is 0 Å². The second-order valence-corrected chi connectivity index (χ2v) is 3.12. The summed E-state index contributed by atoms with van der Waals surface area (Å²) in [7, 11) is 0. The molecule has 3 N–H and O–H groups in total. The van der Waals surface area contributed by atoms with Gasteiger partial charge in [0.05, 0.1) is 13.2 Å². The molecule has 0 bridgehead atoms. The highest BCUT2D eigenvalue weighted by molar-refractivity contribution is 5.73. The molecule has 0 rings (SSSR count). The maximum atomic E-state index is 10.6. The summed E-state index contributed by atoms with van der Waals surface area (Å²) < 4.78 is 5.22. The van der Waals surface area contributed by atoms with Crippen molar-refractivity contribution in [3.05, 3.63) is 0 Å². The number of ether oxygens (including phenoxy) is 1. The van der Waals surface area contributed by atoms with Crippen molar-refractivity contribution in [1.82, 2.24) is 5.32 Å². The standard InChI is InChI=1S/C8H18N2O2/c1-6(9)4-12-5-7(2)10-8(3)11/h6-7H,4-5,9H2,1-3H3,(H,10,11). The van der Waals surface area contributed by atoms with Crippen molar-refractivity contribution >= 4 is 5.91 Å². The van der Waals surface area contributed by atoms with Crippen molar-refractivity contribution in [3.63, 3.8) is 0 Å². The fourth-order valence-corrected chi connectivity index (χ4v) is 0.819. The van der Waals surface area contributed by atoms with Crippen LogP contribution in [-0.4, -0.2) is 31.2 Å². The van der Waals surface area contributed by atoms with Crippen molar-refractivity contribution < 1.29 is 9.53 Å². The highest BCUT2D eigenvalue weighted by atomic mass is 16.5. The minimum Gasteiger partial charge on any atom is -0.378 e. The summed E-state index contributed by atoms with van der Waals surface area (Å²) in [5.41, 5.74) is 5.47. The normalized spacial score (nSPS) is 15.3. The summed E-state index contributed by atoms with van der Waals surface area (Å²) in [6.07, 6.45) is 0. The van der Waals surface area contributed by atoms with Crippen molar-refractivity contribution in [2.75, 3.05) is 13.2 Å². The molecule has 0 fully saturated rings. The molecular weight excluding hydrogens is 156 g/mol. The van der Waals surface area contributed by atoms with Gasteiger partial charge in [-0.15, -0.1) is 0 Å². The van der Waals surface area contributed by atoms with Gasteiger partial charge in [0.1, 0.15) is 0 Å². The lowest BCUT2D eigenvalue weighted by Crippen LogP contribution is -2.35. The van der Waals surface area contributed by atoms with Gasteiger partial charge < -0.3 is 15.8 Å². The molecule has 0 radical (unpaired) electrons. The van der Waals surface area contributed by atoms with Gasteiger partial charge in [0.15, 0.2) is 0 Å². The first-order chi connectivity index (χ1) is 5.52. The Balaban J connectivity index is 3.31. The van der Waals surface area contributed by atoms with Crippen LogP contribution in [0, 0.1) is 0 Å². The van der Waals surface area contributed by atoms with Gasteiger partial charge in [0, 0.05) is 19.0 Å². The minimum atomic E-state index is -0.0353. The Morgan fingerprint density at radius 2 is 2.08 bits per heavy atom. The third-order valence-corrected chi connectivity index (χ3v) is 1.20. The lowest BCUT2D eigenvalue weighted by atomic mass is 10.3. The molecule has 0 aromatic rings. The van der Waals surface area contributed by atoms with Gasteiger partial charge >= 0.3 is 0 Å². The number of nitrogens with two attached hydrogens (primary N) is 1. The summed E-state index contributed by atoms with van der Waals surface area (Å²) in [5, 5.41) is 2.71. The van der Waals surface area contributed by atoms with Crippen LogP contribution in [0.15, 0.2) is 0 Å². The first-order valence-electron chi connectivity index (χ1n) is 4.12. The molecular formula is C8H18N2O2. The maximum absolute atomic E-state index is 10.6. The average molecular weight is 174 g/mol. The third-order valence-electron chi connectivity index (χ3n) is 1.20. The van der Waals surface area contributed by atoms with Gasteiger partial charge in [-0.05, 0) is 13.8 Å². The molecule has 1 amide bonds. The Morgan fingerprint density at radius 1 is 1.50 bits per heavy atom. The van der Waals surface area contributed by atoms with Crippen molar-refractivity contribution in [1.29, 1.82) is 0 Å². The number of hydrogen-bond donors (Lipinski definition) is 2. The Morgan fingerprint density at radius 3 is 2.50 bits per heavy atom. The van der Waals surface area contributed by atoms with Crippen molar-refractivity contribution in [2.45, 2.75) is 32.9 Å². The molecule has 0 spiro atoms. The van der Waals surface area contributed by atoms with Gasteiger partial charge in [-0.3, -0.25) is 4.79 Å². The highest BCUT2D eigenvalue weighted by Gasteiger charge is 2.03. The summed E-state index contributed by atoms with van der Waals surface area (Å²) in [5.74, 6) is -0.0353. The Bertz CT molecular complexity index is 137. The van der Waals surface area contributed by atoms with Crippen molar-refractivity contribution in [2.24, 2.45) is 5.73 Å². The topological polar surface area (TPSA) is 64.3 Å². The molecule has 0 saturated heterocycles. The lowest BCUT2D eigenvalue weighted by Gasteiger charge is -2.13. The van der Waals surface area contributed by atoms with Crippen LogP contribution in [-0.2, 0) is 9.53 Å². The molecule has 4 heteroatoms. The molecule has 0 heterocycles. The van der Waals surface area contributed by atoms with Gasteiger partial charge in [-0.25, -0.2) is 0 Å². The Labute approximate surface area is 73.5 Å². The van der Waals surface area contributed by atoms with Crippen molar-refractivity contribution in [3.8, 4) is 0 Å². The van der Waals surface area contributed by atoms with E-state index in [2.05, 4.69) is 5.32 Å². The predicted molar refractivity (Wildman–Crippen MR) is 47.7 cm³/mol. The van der Waals surface area contributed by atoms with Crippen LogP contribution in [0.3, 0.4) is 0 Å². The Kier molecular flexibility index (Phi) is 5.66. The van der Waals surface area contributed by atoms with Crippen LogP contribution in [0.1, 0.15) is 20.8 Å². The summed E-state index contributed by atoms with van der Waals surface area (Å²) in [6.45, 7) is 6.30. The zero-order chi connectivity index (χ0) is 9.56. The fourth-order valence-electron chi connectivity index (χ4n) is 0.819. The third kappa shape index (κ3) is 7.50. The van der Waals surface area contributed by atoms with E-state index in [-0.39, 0.29) is 18.0 Å². The van der Waals surface area contributed by atoms with Gasteiger partial charge in [0.25, 0.3) is 0 Å².